The Labute approximate surface area is 74.5 Å². The van der Waals surface area contributed by atoms with Gasteiger partial charge in [0, 0.05) is 0 Å². The summed E-state index contributed by atoms with van der Waals surface area (Å²) in [5.74, 6) is -2.73. The molecule has 2 unspecified atom stereocenters. The number of ether oxygens (including phenoxy) is 1. The molecule has 1 fully saturated rings. The lowest BCUT2D eigenvalue weighted by Crippen LogP contribution is -2.36. The largest absolute Gasteiger partial charge is 0.481 e. The molecule has 0 saturated carbocycles. The van der Waals surface area contributed by atoms with Gasteiger partial charge in [0.2, 0.25) is 0 Å². The number of carbonyl (C=O) groups excluding carboxylic acids is 1. The van der Waals surface area contributed by atoms with Crippen molar-refractivity contribution in [3.63, 3.8) is 0 Å². The fraction of sp³-hybridized carbons (Fsp3) is 0.714. The van der Waals surface area contributed by atoms with Crippen LogP contribution >= 0.6 is 11.6 Å². The smallest absolute Gasteiger partial charge is 0.325 e. The first-order valence-corrected chi connectivity index (χ1v) is 3.89. The van der Waals surface area contributed by atoms with Crippen LogP contribution in [-0.4, -0.2) is 28.0 Å². The fourth-order valence-corrected chi connectivity index (χ4v) is 1.75. The summed E-state index contributed by atoms with van der Waals surface area (Å²) >= 11 is 5.55. The fourth-order valence-electron chi connectivity index (χ4n) is 1.29. The summed E-state index contributed by atoms with van der Waals surface area (Å²) in [6.45, 7) is 3.07. The Morgan fingerprint density at radius 2 is 2.17 bits per heavy atom. The number of cyclic esters (lactones) is 1. The first kappa shape index (κ1) is 9.32. The van der Waals surface area contributed by atoms with E-state index in [1.165, 1.54) is 13.8 Å². The second-order valence-electron chi connectivity index (χ2n) is 3.24. The quantitative estimate of drug-likeness (QED) is 0.489. The zero-order valence-corrected chi connectivity index (χ0v) is 7.46. The summed E-state index contributed by atoms with van der Waals surface area (Å²) in [5, 5.41) is 7.65. The maximum atomic E-state index is 10.9. The minimum Gasteiger partial charge on any atom is -0.481 e. The number of esters is 1. The lowest BCUT2D eigenvalue weighted by molar-refractivity contribution is -0.150. The molecule has 2 atom stereocenters. The average Bonchev–Trinajstić information content (AvgIpc) is 2.01. The standard InChI is InChI=1S/C7H9ClO4/c1-7(2)3(5(9)10)4(8)6(11)12-7/h3-4H,1-2H3,(H,9,10). The number of carbonyl (C=O) groups is 2. The van der Waals surface area contributed by atoms with E-state index in [1.54, 1.807) is 0 Å². The first-order chi connectivity index (χ1) is 5.36. The normalized spacial score (nSPS) is 33.1. The van der Waals surface area contributed by atoms with Gasteiger partial charge in [-0.25, -0.2) is 0 Å². The molecule has 0 aromatic heterocycles. The summed E-state index contributed by atoms with van der Waals surface area (Å²) in [4.78, 5) is 21.5. The van der Waals surface area contributed by atoms with Crippen molar-refractivity contribution in [1.82, 2.24) is 0 Å². The van der Waals surface area contributed by atoms with Crippen molar-refractivity contribution in [2.45, 2.75) is 24.8 Å². The molecule has 1 saturated heterocycles. The molecule has 1 aliphatic rings. The maximum absolute atomic E-state index is 10.9. The number of halogens is 1. The van der Waals surface area contributed by atoms with Crippen LogP contribution in [0, 0.1) is 5.92 Å². The van der Waals surface area contributed by atoms with Gasteiger partial charge in [-0.2, -0.15) is 0 Å². The van der Waals surface area contributed by atoms with Crippen molar-refractivity contribution in [2.75, 3.05) is 0 Å². The maximum Gasteiger partial charge on any atom is 0.325 e. The van der Waals surface area contributed by atoms with Crippen LogP contribution in [0.2, 0.25) is 0 Å². The minimum absolute atomic E-state index is 0.658. The van der Waals surface area contributed by atoms with Gasteiger partial charge in [-0.1, -0.05) is 0 Å². The van der Waals surface area contributed by atoms with E-state index in [0.717, 1.165) is 0 Å². The molecule has 1 aliphatic heterocycles. The van der Waals surface area contributed by atoms with Crippen LogP contribution in [0.3, 0.4) is 0 Å². The zero-order chi connectivity index (χ0) is 9.52. The van der Waals surface area contributed by atoms with E-state index in [1.807, 2.05) is 0 Å². The van der Waals surface area contributed by atoms with Crippen LogP contribution in [0.15, 0.2) is 0 Å². The number of hydrogen-bond donors (Lipinski definition) is 1. The number of hydrogen-bond acceptors (Lipinski definition) is 3. The monoisotopic (exact) mass is 192 g/mol. The molecule has 0 spiro atoms. The van der Waals surface area contributed by atoms with Gasteiger partial charge in [-0.15, -0.1) is 11.6 Å². The van der Waals surface area contributed by atoms with Gasteiger partial charge in [0.25, 0.3) is 0 Å². The molecule has 4 nitrogen and oxygen atoms in total. The van der Waals surface area contributed by atoms with E-state index in [4.69, 9.17) is 21.4 Å². The Hall–Kier alpha value is -0.770. The lowest BCUT2D eigenvalue weighted by atomic mass is 9.91. The number of aliphatic carboxylic acids is 1. The minimum atomic E-state index is -1.11. The first-order valence-electron chi connectivity index (χ1n) is 3.46. The average molecular weight is 193 g/mol. The molecule has 0 aromatic carbocycles. The number of alkyl halides is 1. The Morgan fingerprint density at radius 3 is 2.33 bits per heavy atom. The van der Waals surface area contributed by atoms with Crippen LogP contribution in [0.4, 0.5) is 0 Å². The number of rotatable bonds is 1. The second kappa shape index (κ2) is 2.62. The molecule has 1 N–H and O–H groups in total. The summed E-state index contributed by atoms with van der Waals surface area (Å²) < 4.78 is 4.78. The number of carboxylic acid groups (broad SMARTS) is 1. The summed E-state index contributed by atoms with van der Waals surface area (Å²) in [6.07, 6.45) is 0. The predicted octanol–water partition coefficient (Wildman–Crippen LogP) is 0.630. The lowest BCUT2D eigenvalue weighted by Gasteiger charge is -2.21. The van der Waals surface area contributed by atoms with Crippen molar-refractivity contribution >= 4 is 23.5 Å². The molecule has 68 valence electrons. The highest BCUT2D eigenvalue weighted by Crippen LogP contribution is 2.35. The molecule has 1 rings (SSSR count). The van der Waals surface area contributed by atoms with E-state index < -0.39 is 28.8 Å². The van der Waals surface area contributed by atoms with E-state index in [0.29, 0.717) is 0 Å². The van der Waals surface area contributed by atoms with Crippen molar-refractivity contribution in [3.8, 4) is 0 Å². The van der Waals surface area contributed by atoms with Crippen molar-refractivity contribution in [1.29, 1.82) is 0 Å². The molecule has 5 heteroatoms. The third kappa shape index (κ3) is 1.27. The molecule has 1 heterocycles. The second-order valence-corrected chi connectivity index (χ2v) is 3.71. The molecular formula is C7H9ClO4. The molecule has 0 aliphatic carbocycles. The Kier molecular flexibility index (Phi) is 2.04. The van der Waals surface area contributed by atoms with Gasteiger partial charge in [0.05, 0.1) is 0 Å². The van der Waals surface area contributed by atoms with Gasteiger partial charge in [-0.05, 0) is 13.8 Å². The van der Waals surface area contributed by atoms with Crippen LogP contribution in [0.25, 0.3) is 0 Å². The van der Waals surface area contributed by atoms with Crippen LogP contribution < -0.4 is 0 Å². The summed E-state index contributed by atoms with van der Waals surface area (Å²) in [6, 6.07) is 0. The van der Waals surface area contributed by atoms with E-state index in [9.17, 15) is 9.59 Å². The molecule has 0 radical (unpaired) electrons. The SMILES string of the molecule is CC1(C)OC(=O)C(Cl)C1C(=O)O. The summed E-state index contributed by atoms with van der Waals surface area (Å²) in [5.41, 5.74) is -1.00. The molecule has 0 bridgehead atoms. The molecule has 0 aromatic rings. The van der Waals surface area contributed by atoms with Gasteiger partial charge in [0.15, 0.2) is 0 Å². The van der Waals surface area contributed by atoms with E-state index >= 15 is 0 Å². The number of carboxylic acids is 1. The van der Waals surface area contributed by atoms with Gasteiger partial charge in [-0.3, -0.25) is 9.59 Å². The highest BCUT2D eigenvalue weighted by Gasteiger charge is 2.53. The van der Waals surface area contributed by atoms with Crippen molar-refractivity contribution < 1.29 is 19.4 Å². The van der Waals surface area contributed by atoms with Crippen molar-refractivity contribution in [3.05, 3.63) is 0 Å². The third-order valence-electron chi connectivity index (χ3n) is 1.90. The van der Waals surface area contributed by atoms with Crippen LogP contribution in [0.1, 0.15) is 13.8 Å². The van der Waals surface area contributed by atoms with Crippen LogP contribution in [-0.2, 0) is 14.3 Å². The molecule has 12 heavy (non-hydrogen) atoms. The van der Waals surface area contributed by atoms with Gasteiger partial charge < -0.3 is 9.84 Å². The van der Waals surface area contributed by atoms with Gasteiger partial charge in [0.1, 0.15) is 16.9 Å². The highest BCUT2D eigenvalue weighted by molar-refractivity contribution is 6.32. The Morgan fingerprint density at radius 1 is 1.67 bits per heavy atom. The summed E-state index contributed by atoms with van der Waals surface area (Å²) in [7, 11) is 0. The zero-order valence-electron chi connectivity index (χ0n) is 6.70. The topological polar surface area (TPSA) is 63.6 Å². The molecular weight excluding hydrogens is 184 g/mol. The van der Waals surface area contributed by atoms with Crippen molar-refractivity contribution in [2.24, 2.45) is 5.92 Å². The Balaban J connectivity index is 2.96. The highest BCUT2D eigenvalue weighted by atomic mass is 35.5. The Bertz CT molecular complexity index is 236. The van der Waals surface area contributed by atoms with E-state index in [-0.39, 0.29) is 0 Å². The third-order valence-corrected chi connectivity index (χ3v) is 2.33. The molecule has 0 amide bonds. The predicted molar refractivity (Wildman–Crippen MR) is 40.9 cm³/mol. The van der Waals surface area contributed by atoms with Crippen LogP contribution in [0.5, 0.6) is 0 Å². The van der Waals surface area contributed by atoms with Gasteiger partial charge >= 0.3 is 11.9 Å². The van der Waals surface area contributed by atoms with E-state index in [2.05, 4.69) is 0 Å².